The van der Waals surface area contributed by atoms with Crippen LogP contribution in [0.25, 0.3) is 0 Å². The van der Waals surface area contributed by atoms with E-state index in [4.69, 9.17) is 10.5 Å². The third-order valence-electron chi connectivity index (χ3n) is 4.18. The average molecular weight is 251 g/mol. The molecule has 2 nitrogen and oxygen atoms in total. The van der Waals surface area contributed by atoms with Crippen LogP contribution in [0.5, 0.6) is 5.75 Å². The van der Waals surface area contributed by atoms with E-state index in [1.165, 1.54) is 13.5 Å². The van der Waals surface area contributed by atoms with E-state index in [2.05, 4.69) is 6.92 Å². The maximum atomic E-state index is 13.7. The number of hydrogen-bond donors (Lipinski definition) is 1. The molecule has 1 aliphatic carbocycles. The molecule has 2 rings (SSSR count). The second-order valence-electron chi connectivity index (χ2n) is 5.70. The van der Waals surface area contributed by atoms with E-state index in [0.29, 0.717) is 12.3 Å². The van der Waals surface area contributed by atoms with Gasteiger partial charge in [0.25, 0.3) is 0 Å². The number of nitrogens with two attached hydrogens (primary N) is 1. The van der Waals surface area contributed by atoms with E-state index in [1.54, 1.807) is 12.1 Å². The number of hydrogen-bond acceptors (Lipinski definition) is 2. The van der Waals surface area contributed by atoms with Gasteiger partial charge < -0.3 is 10.5 Å². The highest BCUT2D eigenvalue weighted by atomic mass is 19.1. The van der Waals surface area contributed by atoms with E-state index in [1.807, 2.05) is 6.07 Å². The summed E-state index contributed by atoms with van der Waals surface area (Å²) in [5, 5.41) is 0. The lowest BCUT2D eigenvalue weighted by molar-refractivity contribution is 0.295. The molecule has 2 atom stereocenters. The van der Waals surface area contributed by atoms with Crippen molar-refractivity contribution in [3.05, 3.63) is 29.6 Å². The van der Waals surface area contributed by atoms with E-state index in [9.17, 15) is 4.39 Å². The molecule has 0 saturated heterocycles. The summed E-state index contributed by atoms with van der Waals surface area (Å²) in [6.07, 6.45) is 4.40. The molecule has 0 bridgehead atoms. The van der Waals surface area contributed by atoms with Crippen LogP contribution in [0, 0.1) is 17.2 Å². The Bertz CT molecular complexity index is 421. The average Bonchev–Trinajstić information content (AvgIpc) is 2.72. The van der Waals surface area contributed by atoms with Gasteiger partial charge in [0, 0.05) is 0 Å². The van der Waals surface area contributed by atoms with Crippen LogP contribution in [0.15, 0.2) is 18.2 Å². The summed E-state index contributed by atoms with van der Waals surface area (Å²) in [4.78, 5) is 0. The van der Waals surface area contributed by atoms with Crippen molar-refractivity contribution in [2.45, 2.75) is 32.6 Å². The predicted octanol–water partition coefficient (Wildman–Crippen LogP) is 3.14. The van der Waals surface area contributed by atoms with Crippen molar-refractivity contribution >= 4 is 0 Å². The van der Waals surface area contributed by atoms with Gasteiger partial charge in [-0.3, -0.25) is 0 Å². The lowest BCUT2D eigenvalue weighted by Crippen LogP contribution is -2.30. The van der Waals surface area contributed by atoms with Crippen molar-refractivity contribution in [1.82, 2.24) is 0 Å². The van der Waals surface area contributed by atoms with E-state index in [-0.39, 0.29) is 11.2 Å². The fraction of sp³-hybridized carbons (Fsp3) is 0.600. The van der Waals surface area contributed by atoms with Crippen molar-refractivity contribution in [3.8, 4) is 5.75 Å². The van der Waals surface area contributed by atoms with Crippen LogP contribution in [0.3, 0.4) is 0 Å². The topological polar surface area (TPSA) is 35.2 Å². The molecule has 2 N–H and O–H groups in total. The number of ether oxygens (including phenoxy) is 1. The summed E-state index contributed by atoms with van der Waals surface area (Å²) in [5.74, 6) is 0.755. The van der Waals surface area contributed by atoms with Crippen molar-refractivity contribution in [2.24, 2.45) is 17.1 Å². The summed E-state index contributed by atoms with van der Waals surface area (Å²) in [7, 11) is 1.48. The fourth-order valence-electron chi connectivity index (χ4n) is 3.17. The minimum Gasteiger partial charge on any atom is -0.494 e. The Kier molecular flexibility index (Phi) is 3.91. The van der Waals surface area contributed by atoms with Gasteiger partial charge in [0.15, 0.2) is 11.6 Å². The molecule has 100 valence electrons. The van der Waals surface area contributed by atoms with Crippen molar-refractivity contribution in [1.29, 1.82) is 0 Å². The molecule has 1 fully saturated rings. The first-order valence-electron chi connectivity index (χ1n) is 6.61. The fourth-order valence-corrected chi connectivity index (χ4v) is 3.17. The van der Waals surface area contributed by atoms with E-state index in [0.717, 1.165) is 30.7 Å². The Balaban J connectivity index is 2.15. The summed E-state index contributed by atoms with van der Waals surface area (Å²) >= 11 is 0. The molecule has 2 unspecified atom stereocenters. The molecule has 0 radical (unpaired) electrons. The maximum absolute atomic E-state index is 13.7. The zero-order chi connectivity index (χ0) is 13.2. The standard InChI is InChI=1S/C15H22FNO/c1-11-5-6-15(8-11,10-17)9-12-3-4-14(18-2)13(16)7-12/h3-4,7,11H,5-6,8-10,17H2,1-2H3. The molecule has 1 aromatic rings. The maximum Gasteiger partial charge on any atom is 0.165 e. The number of rotatable bonds is 4. The zero-order valence-corrected chi connectivity index (χ0v) is 11.2. The first-order valence-corrected chi connectivity index (χ1v) is 6.61. The normalized spacial score (nSPS) is 27.4. The summed E-state index contributed by atoms with van der Waals surface area (Å²) < 4.78 is 18.6. The number of methoxy groups -OCH3 is 1. The smallest absolute Gasteiger partial charge is 0.165 e. The van der Waals surface area contributed by atoms with Gasteiger partial charge in [-0.2, -0.15) is 0 Å². The Morgan fingerprint density at radius 3 is 2.78 bits per heavy atom. The van der Waals surface area contributed by atoms with Crippen LogP contribution in [-0.2, 0) is 6.42 Å². The van der Waals surface area contributed by atoms with Crippen molar-refractivity contribution in [2.75, 3.05) is 13.7 Å². The summed E-state index contributed by atoms with van der Waals surface area (Å²) in [5.41, 5.74) is 7.14. The summed E-state index contributed by atoms with van der Waals surface area (Å²) in [6.45, 7) is 2.96. The third-order valence-corrected chi connectivity index (χ3v) is 4.18. The van der Waals surface area contributed by atoms with Crippen LogP contribution >= 0.6 is 0 Å². The number of benzene rings is 1. The molecular weight excluding hydrogens is 229 g/mol. The van der Waals surface area contributed by atoms with Gasteiger partial charge in [-0.05, 0) is 54.8 Å². The first-order chi connectivity index (χ1) is 8.58. The van der Waals surface area contributed by atoms with Gasteiger partial charge in [-0.1, -0.05) is 19.4 Å². The minimum absolute atomic E-state index is 0.167. The zero-order valence-electron chi connectivity index (χ0n) is 11.2. The third kappa shape index (κ3) is 2.66. The lowest BCUT2D eigenvalue weighted by Gasteiger charge is -2.27. The highest BCUT2D eigenvalue weighted by Gasteiger charge is 2.36. The molecule has 0 aromatic heterocycles. The van der Waals surface area contributed by atoms with E-state index >= 15 is 0 Å². The minimum atomic E-state index is -0.284. The van der Waals surface area contributed by atoms with Gasteiger partial charge >= 0.3 is 0 Å². The molecule has 0 aliphatic heterocycles. The van der Waals surface area contributed by atoms with Gasteiger partial charge in [0.1, 0.15) is 0 Å². The van der Waals surface area contributed by atoms with Gasteiger partial charge in [0.05, 0.1) is 7.11 Å². The highest BCUT2D eigenvalue weighted by molar-refractivity contribution is 5.30. The molecule has 0 amide bonds. The Labute approximate surface area is 108 Å². The predicted molar refractivity (Wildman–Crippen MR) is 71.2 cm³/mol. The van der Waals surface area contributed by atoms with Gasteiger partial charge in [0.2, 0.25) is 0 Å². The first kappa shape index (κ1) is 13.3. The van der Waals surface area contributed by atoms with Gasteiger partial charge in [-0.15, -0.1) is 0 Å². The molecule has 1 aromatic carbocycles. The highest BCUT2D eigenvalue weighted by Crippen LogP contribution is 2.43. The van der Waals surface area contributed by atoms with Crippen LogP contribution in [0.2, 0.25) is 0 Å². The Morgan fingerprint density at radius 1 is 1.50 bits per heavy atom. The molecule has 1 aliphatic rings. The molecule has 0 heterocycles. The Morgan fingerprint density at radius 2 is 2.28 bits per heavy atom. The quantitative estimate of drug-likeness (QED) is 0.892. The second-order valence-corrected chi connectivity index (χ2v) is 5.70. The van der Waals surface area contributed by atoms with Gasteiger partial charge in [-0.25, -0.2) is 4.39 Å². The molecular formula is C15H22FNO. The summed E-state index contributed by atoms with van der Waals surface area (Å²) in [6, 6.07) is 5.23. The molecule has 3 heteroatoms. The SMILES string of the molecule is COc1ccc(CC2(CN)CCC(C)C2)cc1F. The van der Waals surface area contributed by atoms with Crippen LogP contribution in [-0.4, -0.2) is 13.7 Å². The second kappa shape index (κ2) is 5.27. The monoisotopic (exact) mass is 251 g/mol. The molecule has 18 heavy (non-hydrogen) atoms. The van der Waals surface area contributed by atoms with Crippen LogP contribution < -0.4 is 10.5 Å². The van der Waals surface area contributed by atoms with Crippen molar-refractivity contribution < 1.29 is 9.13 Å². The van der Waals surface area contributed by atoms with Crippen LogP contribution in [0.1, 0.15) is 31.7 Å². The van der Waals surface area contributed by atoms with Crippen molar-refractivity contribution in [3.63, 3.8) is 0 Å². The molecule has 0 spiro atoms. The lowest BCUT2D eigenvalue weighted by atomic mass is 9.79. The number of halogens is 1. The largest absolute Gasteiger partial charge is 0.494 e. The molecule has 1 saturated carbocycles. The van der Waals surface area contributed by atoms with E-state index < -0.39 is 0 Å². The van der Waals surface area contributed by atoms with Crippen LogP contribution in [0.4, 0.5) is 4.39 Å². The Hall–Kier alpha value is -1.09.